The maximum Gasteiger partial charge on any atom is 0.264 e. The molecule has 0 radical (unpaired) electrons. The first kappa shape index (κ1) is 34.4. The van der Waals surface area contributed by atoms with Crippen molar-refractivity contribution in [2.24, 2.45) is 0 Å². The van der Waals surface area contributed by atoms with E-state index in [1.807, 2.05) is 73.7 Å². The van der Waals surface area contributed by atoms with Gasteiger partial charge in [0.2, 0.25) is 11.8 Å². The van der Waals surface area contributed by atoms with Crippen LogP contribution in [0.2, 0.25) is 0 Å². The van der Waals surface area contributed by atoms with E-state index in [0.717, 1.165) is 64.0 Å². The molecule has 47 heavy (non-hydrogen) atoms. The van der Waals surface area contributed by atoms with E-state index in [9.17, 15) is 18.0 Å². The summed E-state index contributed by atoms with van der Waals surface area (Å²) in [5, 5.41) is 3.25. The molecule has 0 aromatic heterocycles. The van der Waals surface area contributed by atoms with E-state index in [1.165, 1.54) is 12.1 Å². The zero-order valence-corrected chi connectivity index (χ0v) is 29.1. The van der Waals surface area contributed by atoms with Crippen molar-refractivity contribution < 1.29 is 18.0 Å². The molecule has 9 heteroatoms. The van der Waals surface area contributed by atoms with Crippen LogP contribution < -0.4 is 9.62 Å². The Morgan fingerprint density at radius 3 is 2.00 bits per heavy atom. The minimum absolute atomic E-state index is 0.0474. The van der Waals surface area contributed by atoms with Crippen LogP contribution in [0.25, 0.3) is 0 Å². The summed E-state index contributed by atoms with van der Waals surface area (Å²) < 4.78 is 30.4. The Labute approximate surface area is 287 Å². The van der Waals surface area contributed by atoms with Crippen molar-refractivity contribution in [3.63, 3.8) is 0 Å². The van der Waals surface area contributed by atoms with Gasteiger partial charge in [0.1, 0.15) is 12.6 Å². The van der Waals surface area contributed by atoms with Gasteiger partial charge < -0.3 is 10.2 Å². The van der Waals surface area contributed by atoms with Crippen LogP contribution in [0.4, 0.5) is 5.69 Å². The lowest BCUT2D eigenvalue weighted by Crippen LogP contribution is -2.55. The molecule has 1 atom stereocenters. The fraction of sp³-hybridized carbons (Fsp3) is 0.316. The fourth-order valence-electron chi connectivity index (χ4n) is 6.03. The van der Waals surface area contributed by atoms with Crippen LogP contribution >= 0.6 is 15.9 Å². The van der Waals surface area contributed by atoms with Crippen LogP contribution in [0, 0.1) is 0 Å². The van der Waals surface area contributed by atoms with E-state index < -0.39 is 28.5 Å². The van der Waals surface area contributed by atoms with Gasteiger partial charge >= 0.3 is 0 Å². The molecule has 0 spiro atoms. The highest BCUT2D eigenvalue weighted by Gasteiger charge is 2.35. The van der Waals surface area contributed by atoms with Crippen LogP contribution in [0.3, 0.4) is 0 Å². The molecule has 0 aliphatic heterocycles. The van der Waals surface area contributed by atoms with Crippen LogP contribution in [-0.2, 0) is 39.0 Å². The molecule has 246 valence electrons. The summed E-state index contributed by atoms with van der Waals surface area (Å²) in [6.45, 7) is 1.69. The maximum absolute atomic E-state index is 14.7. The second-order valence-electron chi connectivity index (χ2n) is 12.0. The highest BCUT2D eigenvalue weighted by atomic mass is 79.9. The average molecular weight is 717 g/mol. The Morgan fingerprint density at radius 1 is 0.787 bits per heavy atom. The smallest absolute Gasteiger partial charge is 0.264 e. The Balaban J connectivity index is 1.55. The number of anilines is 1. The van der Waals surface area contributed by atoms with Gasteiger partial charge in [0.15, 0.2) is 0 Å². The first-order valence-corrected chi connectivity index (χ1v) is 18.5. The SMILES string of the molecule is CCc1ccc(N(CC(=O)N(Cc2ccc(Br)cc2)[C@H](Cc2ccccc2)C(=O)NC2CCCCC2)S(=O)(=O)c2ccccc2)cc1. The number of carbonyl (C=O) groups is 2. The van der Waals surface area contributed by atoms with Gasteiger partial charge in [0, 0.05) is 23.5 Å². The number of aryl methyl sites for hydroxylation is 1. The van der Waals surface area contributed by atoms with Crippen LogP contribution in [0.5, 0.6) is 0 Å². The molecule has 1 aliphatic rings. The van der Waals surface area contributed by atoms with Crippen molar-refractivity contribution >= 4 is 43.5 Å². The largest absolute Gasteiger partial charge is 0.352 e. The predicted octanol–water partition coefficient (Wildman–Crippen LogP) is 7.30. The first-order chi connectivity index (χ1) is 22.7. The Hall–Kier alpha value is -3.95. The first-order valence-electron chi connectivity index (χ1n) is 16.3. The third kappa shape index (κ3) is 9.11. The van der Waals surface area contributed by atoms with E-state index in [4.69, 9.17) is 0 Å². The van der Waals surface area contributed by atoms with E-state index in [-0.39, 0.29) is 29.8 Å². The number of rotatable bonds is 13. The normalized spacial score (nSPS) is 14.3. The van der Waals surface area contributed by atoms with Crippen molar-refractivity contribution in [3.05, 3.63) is 130 Å². The number of hydrogen-bond acceptors (Lipinski definition) is 4. The maximum atomic E-state index is 14.7. The molecule has 0 bridgehead atoms. The lowest BCUT2D eigenvalue weighted by atomic mass is 9.94. The zero-order chi connectivity index (χ0) is 33.2. The zero-order valence-electron chi connectivity index (χ0n) is 26.7. The lowest BCUT2D eigenvalue weighted by Gasteiger charge is -2.35. The average Bonchev–Trinajstić information content (AvgIpc) is 3.10. The van der Waals surface area contributed by atoms with E-state index in [0.29, 0.717) is 5.69 Å². The number of hydrogen-bond donors (Lipinski definition) is 1. The number of halogens is 1. The minimum atomic E-state index is -4.13. The van der Waals surface area contributed by atoms with Gasteiger partial charge in [0.25, 0.3) is 10.0 Å². The van der Waals surface area contributed by atoms with Crippen molar-refractivity contribution in [1.82, 2.24) is 10.2 Å². The van der Waals surface area contributed by atoms with Gasteiger partial charge in [0.05, 0.1) is 10.6 Å². The molecule has 2 amide bonds. The highest BCUT2D eigenvalue weighted by molar-refractivity contribution is 9.10. The Kier molecular flexibility index (Phi) is 11.9. The standard InChI is InChI=1S/C38H42BrN3O4S/c1-2-29-20-24-34(25-21-29)42(47(45,46)35-16-10-5-11-17-35)28-37(43)41(27-31-18-22-32(39)23-19-31)36(26-30-12-6-3-7-13-30)38(44)40-33-14-8-4-9-15-33/h3,5-7,10-13,16-25,33,36H,2,4,8-9,14-15,26-28H2,1H3,(H,40,44)/t36-/m1/s1. The van der Waals surface area contributed by atoms with Crippen molar-refractivity contribution in [2.75, 3.05) is 10.8 Å². The highest BCUT2D eigenvalue weighted by Crippen LogP contribution is 2.26. The summed E-state index contributed by atoms with van der Waals surface area (Å²) in [5.41, 5.74) is 3.18. The monoisotopic (exact) mass is 715 g/mol. The summed E-state index contributed by atoms with van der Waals surface area (Å²) in [5.74, 6) is -0.692. The summed E-state index contributed by atoms with van der Waals surface area (Å²) in [6, 6.07) is 31.8. The van der Waals surface area contributed by atoms with Gasteiger partial charge in [-0.05, 0) is 72.4 Å². The van der Waals surface area contributed by atoms with Gasteiger partial charge in [-0.25, -0.2) is 8.42 Å². The van der Waals surface area contributed by atoms with Gasteiger partial charge in [-0.1, -0.05) is 115 Å². The molecule has 1 aliphatic carbocycles. The molecule has 7 nitrogen and oxygen atoms in total. The van der Waals surface area contributed by atoms with Crippen LogP contribution in [-0.4, -0.2) is 43.8 Å². The summed E-state index contributed by atoms with van der Waals surface area (Å²) >= 11 is 3.49. The quantitative estimate of drug-likeness (QED) is 0.158. The molecule has 1 fully saturated rings. The third-order valence-electron chi connectivity index (χ3n) is 8.73. The van der Waals surface area contributed by atoms with Crippen molar-refractivity contribution in [2.45, 2.75) is 75.4 Å². The van der Waals surface area contributed by atoms with Gasteiger partial charge in [-0.3, -0.25) is 13.9 Å². The van der Waals surface area contributed by atoms with Crippen molar-refractivity contribution in [3.8, 4) is 0 Å². The van der Waals surface area contributed by atoms with E-state index in [2.05, 4.69) is 21.2 Å². The molecule has 0 unspecified atom stereocenters. The molecule has 0 saturated heterocycles. The molecular weight excluding hydrogens is 674 g/mol. The Bertz CT molecular complexity index is 1710. The fourth-order valence-corrected chi connectivity index (χ4v) is 7.73. The molecule has 1 saturated carbocycles. The number of benzene rings is 4. The summed E-state index contributed by atoms with van der Waals surface area (Å²) in [6.07, 6.45) is 6.15. The second-order valence-corrected chi connectivity index (χ2v) is 14.8. The van der Waals surface area contributed by atoms with Crippen LogP contribution in [0.15, 0.2) is 119 Å². The molecule has 5 rings (SSSR count). The van der Waals surface area contributed by atoms with Gasteiger partial charge in [-0.15, -0.1) is 0 Å². The Morgan fingerprint density at radius 2 is 1.38 bits per heavy atom. The van der Waals surface area contributed by atoms with Crippen molar-refractivity contribution in [1.29, 1.82) is 0 Å². The topological polar surface area (TPSA) is 86.8 Å². The second kappa shape index (κ2) is 16.2. The number of nitrogens with one attached hydrogen (secondary N) is 1. The predicted molar refractivity (Wildman–Crippen MR) is 190 cm³/mol. The summed E-state index contributed by atoms with van der Waals surface area (Å²) in [4.78, 5) is 30.5. The molecule has 0 heterocycles. The van der Waals surface area contributed by atoms with Crippen LogP contribution in [0.1, 0.15) is 55.7 Å². The number of amides is 2. The number of nitrogens with zero attached hydrogens (tertiary/aromatic N) is 2. The summed E-state index contributed by atoms with van der Waals surface area (Å²) in [7, 11) is -4.13. The molecule has 1 N–H and O–H groups in total. The number of carbonyl (C=O) groups excluding carboxylic acids is 2. The third-order valence-corrected chi connectivity index (χ3v) is 11.0. The molecule has 4 aromatic carbocycles. The molecular formula is C38H42BrN3O4S. The molecule has 4 aromatic rings. The lowest BCUT2D eigenvalue weighted by molar-refractivity contribution is -0.140. The van der Waals surface area contributed by atoms with E-state index >= 15 is 0 Å². The number of sulfonamides is 1. The van der Waals surface area contributed by atoms with E-state index in [1.54, 1.807) is 35.2 Å². The van der Waals surface area contributed by atoms with Gasteiger partial charge in [-0.2, -0.15) is 0 Å². The minimum Gasteiger partial charge on any atom is -0.352 e.